The SMILES string of the molecule is CC(C)(CC(=O)O)NC(=O)NCCc1ncon1. The average Bonchev–Trinajstić information content (AvgIpc) is 2.66. The third-order valence-corrected chi connectivity index (χ3v) is 2.09. The molecule has 0 aliphatic heterocycles. The molecular formula is C10H16N4O4. The van der Waals surface area contributed by atoms with Crippen LogP contribution in [0.15, 0.2) is 10.9 Å². The molecule has 0 atom stereocenters. The molecule has 1 aromatic heterocycles. The molecule has 0 saturated heterocycles. The average molecular weight is 256 g/mol. The molecule has 0 aromatic carbocycles. The fraction of sp³-hybridized carbons (Fsp3) is 0.600. The molecule has 1 heterocycles. The summed E-state index contributed by atoms with van der Waals surface area (Å²) >= 11 is 0. The van der Waals surface area contributed by atoms with Crippen molar-refractivity contribution in [3.63, 3.8) is 0 Å². The Balaban J connectivity index is 2.26. The lowest BCUT2D eigenvalue weighted by atomic mass is 10.0. The Hall–Kier alpha value is -2.12. The molecule has 1 aromatic rings. The fourth-order valence-electron chi connectivity index (χ4n) is 1.36. The smallest absolute Gasteiger partial charge is 0.315 e. The van der Waals surface area contributed by atoms with Crippen molar-refractivity contribution >= 4 is 12.0 Å². The van der Waals surface area contributed by atoms with E-state index in [9.17, 15) is 9.59 Å². The molecular weight excluding hydrogens is 240 g/mol. The zero-order valence-corrected chi connectivity index (χ0v) is 10.3. The first kappa shape index (κ1) is 13.9. The highest BCUT2D eigenvalue weighted by molar-refractivity contribution is 5.76. The summed E-state index contributed by atoms with van der Waals surface area (Å²) in [6.07, 6.45) is 1.51. The minimum absolute atomic E-state index is 0.148. The van der Waals surface area contributed by atoms with Crippen LogP contribution in [0, 0.1) is 0 Å². The molecule has 2 amide bonds. The molecule has 0 unspecified atom stereocenters. The number of aromatic nitrogens is 2. The highest BCUT2D eigenvalue weighted by Gasteiger charge is 2.23. The number of carbonyl (C=O) groups is 2. The monoisotopic (exact) mass is 256 g/mol. The van der Waals surface area contributed by atoms with Crippen LogP contribution in [-0.4, -0.2) is 39.3 Å². The summed E-state index contributed by atoms with van der Waals surface area (Å²) in [6, 6.07) is -0.426. The van der Waals surface area contributed by atoms with Crippen molar-refractivity contribution in [2.45, 2.75) is 32.2 Å². The summed E-state index contributed by atoms with van der Waals surface area (Å²) in [5.41, 5.74) is -0.804. The van der Waals surface area contributed by atoms with Gasteiger partial charge in [0.25, 0.3) is 0 Å². The second kappa shape index (κ2) is 5.99. The first-order valence-electron chi connectivity index (χ1n) is 5.42. The summed E-state index contributed by atoms with van der Waals surface area (Å²) < 4.78 is 4.54. The van der Waals surface area contributed by atoms with Gasteiger partial charge in [0, 0.05) is 18.5 Å². The van der Waals surface area contributed by atoms with E-state index in [2.05, 4.69) is 25.3 Å². The van der Waals surface area contributed by atoms with Gasteiger partial charge in [0.1, 0.15) is 0 Å². The van der Waals surface area contributed by atoms with Gasteiger partial charge >= 0.3 is 12.0 Å². The number of rotatable bonds is 6. The van der Waals surface area contributed by atoms with Crippen LogP contribution in [0.3, 0.4) is 0 Å². The van der Waals surface area contributed by atoms with Gasteiger partial charge in [-0.15, -0.1) is 0 Å². The van der Waals surface area contributed by atoms with Crippen molar-refractivity contribution in [2.75, 3.05) is 6.54 Å². The molecule has 0 radical (unpaired) electrons. The number of hydrogen-bond acceptors (Lipinski definition) is 5. The van der Waals surface area contributed by atoms with Crippen molar-refractivity contribution < 1.29 is 19.2 Å². The molecule has 0 saturated carbocycles. The number of urea groups is 1. The molecule has 8 nitrogen and oxygen atoms in total. The summed E-state index contributed by atoms with van der Waals surface area (Å²) in [4.78, 5) is 25.9. The zero-order chi connectivity index (χ0) is 13.6. The molecule has 8 heteroatoms. The van der Waals surface area contributed by atoms with E-state index in [1.54, 1.807) is 13.8 Å². The lowest BCUT2D eigenvalue weighted by Crippen LogP contribution is -2.49. The molecule has 0 aliphatic carbocycles. The number of nitrogens with one attached hydrogen (secondary N) is 2. The summed E-state index contributed by atoms with van der Waals surface area (Å²) in [6.45, 7) is 3.62. The number of hydrogen-bond donors (Lipinski definition) is 3. The molecule has 0 fully saturated rings. The topological polar surface area (TPSA) is 117 Å². The van der Waals surface area contributed by atoms with Gasteiger partial charge in [-0.3, -0.25) is 4.79 Å². The standard InChI is InChI=1S/C10H16N4O4/c1-10(2,5-8(15)16)13-9(17)11-4-3-7-12-6-18-14-7/h6H,3-5H2,1-2H3,(H,15,16)(H2,11,13,17). The highest BCUT2D eigenvalue weighted by atomic mass is 16.5. The third kappa shape index (κ3) is 5.28. The Bertz CT molecular complexity index is 402. The van der Waals surface area contributed by atoms with Crippen LogP contribution in [0.5, 0.6) is 0 Å². The van der Waals surface area contributed by atoms with Gasteiger partial charge in [-0.05, 0) is 13.8 Å². The van der Waals surface area contributed by atoms with Crippen LogP contribution < -0.4 is 10.6 Å². The van der Waals surface area contributed by atoms with E-state index in [-0.39, 0.29) is 6.42 Å². The molecule has 1 rings (SSSR count). The molecule has 0 aliphatic rings. The highest BCUT2D eigenvalue weighted by Crippen LogP contribution is 2.07. The van der Waals surface area contributed by atoms with Gasteiger partial charge in [0.2, 0.25) is 6.39 Å². The van der Waals surface area contributed by atoms with E-state index in [0.717, 1.165) is 0 Å². The van der Waals surface area contributed by atoms with Crippen molar-refractivity contribution in [1.29, 1.82) is 0 Å². The number of carboxylic acids is 1. The minimum Gasteiger partial charge on any atom is -0.481 e. The first-order chi connectivity index (χ1) is 8.39. The van der Waals surface area contributed by atoms with Gasteiger partial charge in [0.15, 0.2) is 5.82 Å². The van der Waals surface area contributed by atoms with E-state index < -0.39 is 17.5 Å². The minimum atomic E-state index is -0.966. The van der Waals surface area contributed by atoms with E-state index in [4.69, 9.17) is 5.11 Å². The summed E-state index contributed by atoms with van der Waals surface area (Å²) in [7, 11) is 0. The van der Waals surface area contributed by atoms with Gasteiger partial charge in [-0.2, -0.15) is 4.98 Å². The number of carbonyl (C=O) groups excluding carboxylic acids is 1. The van der Waals surface area contributed by atoms with Gasteiger partial charge in [0.05, 0.1) is 6.42 Å². The molecule has 0 spiro atoms. The van der Waals surface area contributed by atoms with E-state index in [1.165, 1.54) is 6.39 Å². The number of carboxylic acid groups (broad SMARTS) is 1. The van der Waals surface area contributed by atoms with Gasteiger partial charge in [-0.1, -0.05) is 5.16 Å². The Labute approximate surface area is 104 Å². The van der Waals surface area contributed by atoms with E-state index >= 15 is 0 Å². The van der Waals surface area contributed by atoms with Crippen LogP contribution in [0.1, 0.15) is 26.1 Å². The lowest BCUT2D eigenvalue weighted by Gasteiger charge is -2.24. The Morgan fingerprint density at radius 2 is 2.22 bits per heavy atom. The second-order valence-corrected chi connectivity index (χ2v) is 4.43. The summed E-state index contributed by atoms with van der Waals surface area (Å²) in [5, 5.41) is 17.4. The summed E-state index contributed by atoms with van der Waals surface area (Å²) in [5.74, 6) is -0.466. The van der Waals surface area contributed by atoms with E-state index in [1.807, 2.05) is 0 Å². The predicted octanol–water partition coefficient (Wildman–Crippen LogP) is 0.165. The maximum absolute atomic E-state index is 11.5. The van der Waals surface area contributed by atoms with Gasteiger partial charge in [-0.25, -0.2) is 4.79 Å². The molecule has 100 valence electrons. The normalized spacial score (nSPS) is 11.0. The maximum atomic E-state index is 11.5. The maximum Gasteiger partial charge on any atom is 0.315 e. The lowest BCUT2D eigenvalue weighted by molar-refractivity contribution is -0.138. The van der Waals surface area contributed by atoms with Crippen molar-refractivity contribution in [2.24, 2.45) is 0 Å². The third-order valence-electron chi connectivity index (χ3n) is 2.09. The Morgan fingerprint density at radius 3 is 2.78 bits per heavy atom. The quantitative estimate of drug-likeness (QED) is 0.667. The predicted molar refractivity (Wildman–Crippen MR) is 60.9 cm³/mol. The van der Waals surface area contributed by atoms with Gasteiger partial charge < -0.3 is 20.3 Å². The Morgan fingerprint density at radius 1 is 1.50 bits per heavy atom. The second-order valence-electron chi connectivity index (χ2n) is 4.43. The van der Waals surface area contributed by atoms with Crippen LogP contribution in [0.25, 0.3) is 0 Å². The number of amides is 2. The first-order valence-corrected chi connectivity index (χ1v) is 5.42. The van der Waals surface area contributed by atoms with Crippen LogP contribution in [-0.2, 0) is 11.2 Å². The van der Waals surface area contributed by atoms with Crippen LogP contribution in [0.4, 0.5) is 4.79 Å². The molecule has 18 heavy (non-hydrogen) atoms. The van der Waals surface area contributed by atoms with Crippen molar-refractivity contribution in [1.82, 2.24) is 20.8 Å². The van der Waals surface area contributed by atoms with Crippen molar-refractivity contribution in [3.8, 4) is 0 Å². The zero-order valence-electron chi connectivity index (χ0n) is 10.3. The molecule has 3 N–H and O–H groups in total. The molecule has 0 bridgehead atoms. The van der Waals surface area contributed by atoms with E-state index in [0.29, 0.717) is 18.8 Å². The van der Waals surface area contributed by atoms with Crippen LogP contribution >= 0.6 is 0 Å². The van der Waals surface area contributed by atoms with Crippen molar-refractivity contribution in [3.05, 3.63) is 12.2 Å². The number of nitrogens with zero attached hydrogens (tertiary/aromatic N) is 2. The fourth-order valence-corrected chi connectivity index (χ4v) is 1.36. The number of aliphatic carboxylic acids is 1. The largest absolute Gasteiger partial charge is 0.481 e. The van der Waals surface area contributed by atoms with Crippen LogP contribution in [0.2, 0.25) is 0 Å². The Kier molecular flexibility index (Phi) is 4.64.